The number of aromatic nitrogens is 3. The predicted molar refractivity (Wildman–Crippen MR) is 89.5 cm³/mol. The lowest BCUT2D eigenvalue weighted by Gasteiger charge is -2.12. The van der Waals surface area contributed by atoms with Crippen LogP contribution in [0.15, 0.2) is 36.5 Å². The Morgan fingerprint density at radius 1 is 1.20 bits per heavy atom. The summed E-state index contributed by atoms with van der Waals surface area (Å²) in [5.74, 6) is 0.990. The minimum absolute atomic E-state index is 0.0875. The first-order valence-electron chi connectivity index (χ1n) is 7.86. The van der Waals surface area contributed by atoms with Crippen LogP contribution in [0.3, 0.4) is 0 Å². The number of rotatable bonds is 5. The zero-order chi connectivity index (χ0) is 17.6. The van der Waals surface area contributed by atoms with Gasteiger partial charge in [-0.15, -0.1) is 0 Å². The van der Waals surface area contributed by atoms with Crippen molar-refractivity contribution in [2.75, 3.05) is 5.32 Å². The topological polar surface area (TPSA) is 42.2 Å². The smallest absolute Gasteiger partial charge is 0.273 e. The van der Waals surface area contributed by atoms with E-state index in [2.05, 4.69) is 15.4 Å². The second-order valence-electron chi connectivity index (χ2n) is 6.06. The standard InChI is InChI=1S/C17H14ClF3N4/c18-13-7-14(25-17(24-13)12(8-22-25)9-4-5-9)23-11-3-1-2-10(6-11)15(19)16(20)21/h1-3,6-9,15-16,23H,4-5H2. The van der Waals surface area contributed by atoms with Gasteiger partial charge in [-0.2, -0.15) is 9.61 Å². The van der Waals surface area contributed by atoms with Crippen LogP contribution >= 0.6 is 11.6 Å². The van der Waals surface area contributed by atoms with Crippen molar-refractivity contribution in [3.8, 4) is 0 Å². The Balaban J connectivity index is 1.70. The molecule has 2 heterocycles. The van der Waals surface area contributed by atoms with Gasteiger partial charge in [0.2, 0.25) is 0 Å². The summed E-state index contributed by atoms with van der Waals surface area (Å²) >= 11 is 6.12. The quantitative estimate of drug-likeness (QED) is 0.625. The van der Waals surface area contributed by atoms with Crippen LogP contribution in [-0.4, -0.2) is 21.0 Å². The van der Waals surface area contributed by atoms with Crippen molar-refractivity contribution in [2.24, 2.45) is 0 Å². The second kappa shape index (κ2) is 6.22. The summed E-state index contributed by atoms with van der Waals surface area (Å²) in [7, 11) is 0. The fraction of sp³-hybridized carbons (Fsp3) is 0.294. The summed E-state index contributed by atoms with van der Waals surface area (Å²) < 4.78 is 40.3. The zero-order valence-electron chi connectivity index (χ0n) is 13.0. The molecule has 3 aromatic rings. The Labute approximate surface area is 146 Å². The molecule has 1 aliphatic carbocycles. The van der Waals surface area contributed by atoms with Gasteiger partial charge in [0.25, 0.3) is 6.43 Å². The fourth-order valence-electron chi connectivity index (χ4n) is 2.80. The zero-order valence-corrected chi connectivity index (χ0v) is 13.7. The molecule has 4 nitrogen and oxygen atoms in total. The Morgan fingerprint density at radius 2 is 2.00 bits per heavy atom. The molecular weight excluding hydrogens is 353 g/mol. The lowest BCUT2D eigenvalue weighted by molar-refractivity contribution is 0.0496. The molecule has 1 saturated carbocycles. The highest BCUT2D eigenvalue weighted by atomic mass is 35.5. The molecule has 1 N–H and O–H groups in total. The summed E-state index contributed by atoms with van der Waals surface area (Å²) in [5, 5.41) is 7.70. The number of fused-ring (bicyclic) bond motifs is 1. The van der Waals surface area contributed by atoms with Gasteiger partial charge >= 0.3 is 0 Å². The van der Waals surface area contributed by atoms with Crippen LogP contribution in [0.5, 0.6) is 0 Å². The highest BCUT2D eigenvalue weighted by molar-refractivity contribution is 6.29. The SMILES string of the molecule is FC(F)C(F)c1cccc(Nc2cc(Cl)nc3c(C4CC4)cnn23)c1. The van der Waals surface area contributed by atoms with Crippen molar-refractivity contribution in [2.45, 2.75) is 31.4 Å². The summed E-state index contributed by atoms with van der Waals surface area (Å²) in [5.41, 5.74) is 2.09. The number of halogens is 4. The third-order valence-electron chi connectivity index (χ3n) is 4.18. The summed E-state index contributed by atoms with van der Waals surface area (Å²) in [6, 6.07) is 7.45. The van der Waals surface area contributed by atoms with Gasteiger partial charge in [0.15, 0.2) is 11.8 Å². The van der Waals surface area contributed by atoms with Crippen LogP contribution in [0.4, 0.5) is 24.7 Å². The third-order valence-corrected chi connectivity index (χ3v) is 4.38. The molecule has 1 aromatic carbocycles. The lowest BCUT2D eigenvalue weighted by atomic mass is 10.1. The molecule has 25 heavy (non-hydrogen) atoms. The highest BCUT2D eigenvalue weighted by Crippen LogP contribution is 2.42. The summed E-state index contributed by atoms with van der Waals surface area (Å²) in [6.45, 7) is 0. The maximum atomic E-state index is 13.6. The average molecular weight is 367 g/mol. The first-order chi connectivity index (χ1) is 12.0. The van der Waals surface area contributed by atoms with E-state index in [-0.39, 0.29) is 5.56 Å². The highest BCUT2D eigenvalue weighted by Gasteiger charge is 2.28. The van der Waals surface area contributed by atoms with Crippen LogP contribution < -0.4 is 5.32 Å². The van der Waals surface area contributed by atoms with Gasteiger partial charge in [-0.1, -0.05) is 23.7 Å². The van der Waals surface area contributed by atoms with E-state index >= 15 is 0 Å². The molecule has 1 atom stereocenters. The second-order valence-corrected chi connectivity index (χ2v) is 6.45. The van der Waals surface area contributed by atoms with E-state index in [1.807, 2.05) is 0 Å². The average Bonchev–Trinajstić information content (AvgIpc) is 3.34. The van der Waals surface area contributed by atoms with Gasteiger partial charge < -0.3 is 5.32 Å². The first kappa shape index (κ1) is 16.2. The van der Waals surface area contributed by atoms with Crippen molar-refractivity contribution >= 4 is 28.8 Å². The van der Waals surface area contributed by atoms with Gasteiger partial charge in [0, 0.05) is 17.3 Å². The van der Waals surface area contributed by atoms with E-state index in [0.717, 1.165) is 18.4 Å². The van der Waals surface area contributed by atoms with E-state index < -0.39 is 12.6 Å². The van der Waals surface area contributed by atoms with E-state index in [1.54, 1.807) is 22.8 Å². The van der Waals surface area contributed by atoms with Gasteiger partial charge in [-0.25, -0.2) is 18.2 Å². The summed E-state index contributed by atoms with van der Waals surface area (Å²) in [4.78, 5) is 4.33. The molecule has 0 spiro atoms. The Kier molecular flexibility index (Phi) is 4.03. The van der Waals surface area contributed by atoms with Gasteiger partial charge in [-0.05, 0) is 36.5 Å². The molecule has 4 rings (SSSR count). The molecule has 130 valence electrons. The third kappa shape index (κ3) is 3.16. The molecule has 0 radical (unpaired) electrons. The Bertz CT molecular complexity index is 923. The van der Waals surface area contributed by atoms with Crippen LogP contribution in [0.1, 0.15) is 36.1 Å². The number of nitrogens with one attached hydrogen (secondary N) is 1. The van der Waals surface area contributed by atoms with Crippen molar-refractivity contribution < 1.29 is 13.2 Å². The Morgan fingerprint density at radius 3 is 2.72 bits per heavy atom. The van der Waals surface area contributed by atoms with E-state index in [1.165, 1.54) is 18.2 Å². The van der Waals surface area contributed by atoms with Crippen molar-refractivity contribution in [3.63, 3.8) is 0 Å². The van der Waals surface area contributed by atoms with Crippen molar-refractivity contribution in [1.29, 1.82) is 0 Å². The number of hydrogen-bond acceptors (Lipinski definition) is 3. The number of alkyl halides is 3. The van der Waals surface area contributed by atoms with Crippen LogP contribution in [0.25, 0.3) is 5.65 Å². The molecule has 0 bridgehead atoms. The minimum atomic E-state index is -3.07. The molecule has 1 aliphatic rings. The van der Waals surface area contributed by atoms with Crippen molar-refractivity contribution in [3.05, 3.63) is 52.8 Å². The number of anilines is 2. The van der Waals surface area contributed by atoms with Gasteiger partial charge in [0.05, 0.1) is 6.20 Å². The molecule has 0 saturated heterocycles. The monoisotopic (exact) mass is 366 g/mol. The normalized spacial score (nSPS) is 15.7. The molecule has 8 heteroatoms. The molecule has 0 amide bonds. The lowest BCUT2D eigenvalue weighted by Crippen LogP contribution is -2.05. The Hall–Kier alpha value is -2.28. The largest absolute Gasteiger partial charge is 0.340 e. The van der Waals surface area contributed by atoms with Crippen LogP contribution in [0, 0.1) is 0 Å². The molecule has 2 aromatic heterocycles. The molecule has 1 unspecified atom stereocenters. The van der Waals surface area contributed by atoms with Crippen molar-refractivity contribution in [1.82, 2.24) is 14.6 Å². The fourth-order valence-corrected chi connectivity index (χ4v) is 2.99. The van der Waals surface area contributed by atoms with Gasteiger partial charge in [-0.3, -0.25) is 0 Å². The van der Waals surface area contributed by atoms with E-state index in [0.29, 0.717) is 28.2 Å². The van der Waals surface area contributed by atoms with Crippen LogP contribution in [-0.2, 0) is 0 Å². The first-order valence-corrected chi connectivity index (χ1v) is 8.24. The van der Waals surface area contributed by atoms with E-state index in [4.69, 9.17) is 11.6 Å². The maximum absolute atomic E-state index is 13.6. The predicted octanol–water partition coefficient (Wildman–Crippen LogP) is 5.28. The number of hydrogen-bond donors (Lipinski definition) is 1. The molecule has 1 fully saturated rings. The minimum Gasteiger partial charge on any atom is -0.340 e. The molecular formula is C17H14ClF3N4. The van der Waals surface area contributed by atoms with Gasteiger partial charge in [0.1, 0.15) is 11.0 Å². The molecule has 0 aliphatic heterocycles. The number of benzene rings is 1. The maximum Gasteiger partial charge on any atom is 0.273 e. The van der Waals surface area contributed by atoms with E-state index in [9.17, 15) is 13.2 Å². The summed E-state index contributed by atoms with van der Waals surface area (Å²) in [6.07, 6.45) is -1.41. The van der Waals surface area contributed by atoms with Crippen LogP contribution in [0.2, 0.25) is 5.15 Å². The number of nitrogens with zero attached hydrogens (tertiary/aromatic N) is 3.